The van der Waals surface area contributed by atoms with Crippen LogP contribution in [-0.2, 0) is 13.1 Å². The molecular weight excluding hydrogens is 286 g/mol. The Morgan fingerprint density at radius 3 is 2.67 bits per heavy atom. The molecule has 98 valence electrons. The number of thiophene rings is 1. The SMILES string of the molecule is Cl.Nc1ncc(CN(Cc2cccs2)C2CC2)s1. The minimum absolute atomic E-state index is 0. The molecule has 0 amide bonds. The van der Waals surface area contributed by atoms with Gasteiger partial charge in [0.15, 0.2) is 5.13 Å². The van der Waals surface area contributed by atoms with Gasteiger partial charge in [-0.2, -0.15) is 0 Å². The van der Waals surface area contributed by atoms with Gasteiger partial charge in [-0.3, -0.25) is 4.90 Å². The quantitative estimate of drug-likeness (QED) is 0.920. The second-order valence-corrected chi connectivity index (χ2v) is 6.56. The van der Waals surface area contributed by atoms with Gasteiger partial charge in [-0.25, -0.2) is 4.98 Å². The zero-order valence-electron chi connectivity index (χ0n) is 9.91. The van der Waals surface area contributed by atoms with Gasteiger partial charge in [-0.15, -0.1) is 35.1 Å². The van der Waals surface area contributed by atoms with E-state index in [1.807, 2.05) is 17.5 Å². The van der Waals surface area contributed by atoms with E-state index >= 15 is 0 Å². The lowest BCUT2D eigenvalue weighted by Crippen LogP contribution is -2.24. The van der Waals surface area contributed by atoms with Gasteiger partial charge in [-0.1, -0.05) is 6.07 Å². The molecule has 6 heteroatoms. The Kier molecular flexibility index (Phi) is 4.61. The van der Waals surface area contributed by atoms with E-state index in [-0.39, 0.29) is 12.4 Å². The molecule has 3 rings (SSSR count). The largest absolute Gasteiger partial charge is 0.375 e. The first-order valence-corrected chi connectivity index (χ1v) is 7.47. The Morgan fingerprint density at radius 2 is 2.11 bits per heavy atom. The van der Waals surface area contributed by atoms with Crippen LogP contribution < -0.4 is 5.73 Å². The van der Waals surface area contributed by atoms with Crippen LogP contribution in [0.15, 0.2) is 23.7 Å². The number of nitrogen functional groups attached to an aromatic ring is 1. The highest BCUT2D eigenvalue weighted by Gasteiger charge is 2.29. The highest BCUT2D eigenvalue weighted by atomic mass is 35.5. The van der Waals surface area contributed by atoms with Crippen molar-refractivity contribution in [2.24, 2.45) is 0 Å². The van der Waals surface area contributed by atoms with Gasteiger partial charge in [0.2, 0.25) is 0 Å². The normalized spacial score (nSPS) is 14.7. The zero-order valence-corrected chi connectivity index (χ0v) is 12.4. The van der Waals surface area contributed by atoms with E-state index in [0.29, 0.717) is 5.13 Å². The van der Waals surface area contributed by atoms with Crippen LogP contribution in [0, 0.1) is 0 Å². The van der Waals surface area contributed by atoms with Crippen molar-refractivity contribution in [3.63, 3.8) is 0 Å². The van der Waals surface area contributed by atoms with Gasteiger partial charge in [0.25, 0.3) is 0 Å². The monoisotopic (exact) mass is 301 g/mol. The summed E-state index contributed by atoms with van der Waals surface area (Å²) < 4.78 is 0. The van der Waals surface area contributed by atoms with Crippen LogP contribution in [0.2, 0.25) is 0 Å². The number of rotatable bonds is 5. The fourth-order valence-electron chi connectivity index (χ4n) is 1.95. The molecule has 0 radical (unpaired) electrons. The second kappa shape index (κ2) is 6.02. The number of aromatic nitrogens is 1. The minimum atomic E-state index is 0. The van der Waals surface area contributed by atoms with Gasteiger partial charge in [0, 0.05) is 35.1 Å². The molecule has 2 aromatic heterocycles. The average Bonchev–Trinajstić information content (AvgIpc) is 2.89. The summed E-state index contributed by atoms with van der Waals surface area (Å²) in [5.74, 6) is 0. The Balaban J connectivity index is 0.00000120. The highest BCUT2D eigenvalue weighted by molar-refractivity contribution is 7.15. The first-order chi connectivity index (χ1) is 8.31. The number of thiazole rings is 1. The zero-order chi connectivity index (χ0) is 11.7. The number of nitrogens with zero attached hydrogens (tertiary/aromatic N) is 2. The van der Waals surface area contributed by atoms with Crippen molar-refractivity contribution in [3.05, 3.63) is 33.5 Å². The molecule has 2 N–H and O–H groups in total. The number of hydrogen-bond acceptors (Lipinski definition) is 5. The summed E-state index contributed by atoms with van der Waals surface area (Å²) in [7, 11) is 0. The molecule has 1 fully saturated rings. The minimum Gasteiger partial charge on any atom is -0.375 e. The Labute approximate surface area is 121 Å². The molecule has 0 aliphatic heterocycles. The van der Waals surface area contributed by atoms with Crippen molar-refractivity contribution in [3.8, 4) is 0 Å². The topological polar surface area (TPSA) is 42.1 Å². The van der Waals surface area contributed by atoms with E-state index in [4.69, 9.17) is 5.73 Å². The molecule has 1 aliphatic rings. The molecule has 3 nitrogen and oxygen atoms in total. The number of hydrogen-bond donors (Lipinski definition) is 1. The van der Waals surface area contributed by atoms with Crippen molar-refractivity contribution >= 4 is 40.2 Å². The Morgan fingerprint density at radius 1 is 1.33 bits per heavy atom. The van der Waals surface area contributed by atoms with E-state index in [2.05, 4.69) is 27.4 Å². The lowest BCUT2D eigenvalue weighted by Gasteiger charge is -2.20. The van der Waals surface area contributed by atoms with Gasteiger partial charge in [0.05, 0.1) is 0 Å². The Hall–Kier alpha value is -0.620. The number of nitrogens with two attached hydrogens (primary N) is 1. The van der Waals surface area contributed by atoms with Gasteiger partial charge in [-0.05, 0) is 24.3 Å². The third-order valence-corrected chi connectivity index (χ3v) is 4.61. The molecule has 1 aliphatic carbocycles. The van der Waals surface area contributed by atoms with Crippen molar-refractivity contribution in [1.82, 2.24) is 9.88 Å². The summed E-state index contributed by atoms with van der Waals surface area (Å²) in [4.78, 5) is 9.37. The van der Waals surface area contributed by atoms with Crippen molar-refractivity contribution in [1.29, 1.82) is 0 Å². The molecule has 0 bridgehead atoms. The maximum atomic E-state index is 5.67. The molecule has 0 unspecified atom stereocenters. The highest BCUT2D eigenvalue weighted by Crippen LogP contribution is 2.31. The van der Waals surface area contributed by atoms with E-state index in [9.17, 15) is 0 Å². The lowest BCUT2D eigenvalue weighted by molar-refractivity contribution is 0.250. The standard InChI is InChI=1S/C12H15N3S2.ClH/c13-12-14-6-11(17-12)8-15(9-3-4-9)7-10-2-1-5-16-10;/h1-2,5-6,9H,3-4,7-8H2,(H2,13,14);1H. The van der Waals surface area contributed by atoms with E-state index in [1.165, 1.54) is 22.6 Å². The van der Waals surface area contributed by atoms with Gasteiger partial charge in [0.1, 0.15) is 0 Å². The summed E-state index contributed by atoms with van der Waals surface area (Å²) in [6.45, 7) is 2.04. The van der Waals surface area contributed by atoms with Crippen molar-refractivity contribution in [2.45, 2.75) is 32.0 Å². The predicted octanol–water partition coefficient (Wildman–Crippen LogP) is 3.37. The fourth-order valence-corrected chi connectivity index (χ4v) is 3.39. The molecule has 0 aromatic carbocycles. The summed E-state index contributed by atoms with van der Waals surface area (Å²) >= 11 is 3.44. The van der Waals surface area contributed by atoms with Crippen LogP contribution >= 0.6 is 35.1 Å². The van der Waals surface area contributed by atoms with Crippen LogP contribution in [0.3, 0.4) is 0 Å². The molecule has 2 heterocycles. The van der Waals surface area contributed by atoms with E-state index in [0.717, 1.165) is 19.1 Å². The summed E-state index contributed by atoms with van der Waals surface area (Å²) in [5.41, 5.74) is 5.67. The first kappa shape index (κ1) is 13.8. The number of halogens is 1. The maximum Gasteiger partial charge on any atom is 0.180 e. The third kappa shape index (κ3) is 3.45. The molecule has 0 atom stereocenters. The second-order valence-electron chi connectivity index (χ2n) is 4.38. The summed E-state index contributed by atoms with van der Waals surface area (Å²) in [6.07, 6.45) is 4.57. The maximum absolute atomic E-state index is 5.67. The first-order valence-electron chi connectivity index (χ1n) is 5.78. The predicted molar refractivity (Wildman–Crippen MR) is 80.4 cm³/mol. The van der Waals surface area contributed by atoms with Crippen molar-refractivity contribution < 1.29 is 0 Å². The van der Waals surface area contributed by atoms with E-state index < -0.39 is 0 Å². The van der Waals surface area contributed by atoms with Crippen LogP contribution in [0.25, 0.3) is 0 Å². The molecule has 18 heavy (non-hydrogen) atoms. The third-order valence-electron chi connectivity index (χ3n) is 2.93. The van der Waals surface area contributed by atoms with Crippen LogP contribution in [-0.4, -0.2) is 15.9 Å². The molecule has 2 aromatic rings. The molecular formula is C12H16ClN3S2. The summed E-state index contributed by atoms with van der Waals surface area (Å²) in [6, 6.07) is 5.09. The average molecular weight is 302 g/mol. The van der Waals surface area contributed by atoms with Gasteiger partial charge < -0.3 is 5.73 Å². The van der Waals surface area contributed by atoms with Crippen LogP contribution in [0.1, 0.15) is 22.6 Å². The molecule has 0 spiro atoms. The van der Waals surface area contributed by atoms with Crippen molar-refractivity contribution in [2.75, 3.05) is 5.73 Å². The van der Waals surface area contributed by atoms with E-state index in [1.54, 1.807) is 11.3 Å². The fraction of sp³-hybridized carbons (Fsp3) is 0.417. The number of anilines is 1. The van der Waals surface area contributed by atoms with Gasteiger partial charge >= 0.3 is 0 Å². The smallest absolute Gasteiger partial charge is 0.180 e. The molecule has 0 saturated heterocycles. The summed E-state index contributed by atoms with van der Waals surface area (Å²) in [5, 5.41) is 2.82. The van der Waals surface area contributed by atoms with Crippen LogP contribution in [0.5, 0.6) is 0 Å². The molecule has 1 saturated carbocycles. The Bertz CT molecular complexity index is 479. The van der Waals surface area contributed by atoms with Crippen LogP contribution in [0.4, 0.5) is 5.13 Å². The lowest BCUT2D eigenvalue weighted by atomic mass is 10.3.